The fraction of sp³-hybridized carbons (Fsp3) is 0.462. The van der Waals surface area contributed by atoms with Crippen molar-refractivity contribution in [2.75, 3.05) is 0 Å². The van der Waals surface area contributed by atoms with E-state index in [-0.39, 0.29) is 5.56 Å². The first-order valence-electron chi connectivity index (χ1n) is 6.33. The third-order valence-corrected chi connectivity index (χ3v) is 5.02. The molecule has 0 radical (unpaired) electrons. The van der Waals surface area contributed by atoms with E-state index >= 15 is 0 Å². The minimum absolute atomic E-state index is 0.0909. The molecule has 4 rings (SSSR count). The number of aliphatic imine (C=N–C) groups is 1. The summed E-state index contributed by atoms with van der Waals surface area (Å²) < 4.78 is 1.68. The average molecular weight is 259 g/mol. The molecule has 0 amide bonds. The number of nitrogens with zero attached hydrogens (tertiary/aromatic N) is 3. The molecule has 0 unspecified atom stereocenters. The van der Waals surface area contributed by atoms with E-state index in [1.54, 1.807) is 15.9 Å². The second kappa shape index (κ2) is 3.51. The highest BCUT2D eigenvalue weighted by Crippen LogP contribution is 2.34. The second-order valence-corrected chi connectivity index (χ2v) is 6.01. The van der Waals surface area contributed by atoms with Gasteiger partial charge in [0.25, 0.3) is 5.56 Å². The lowest BCUT2D eigenvalue weighted by Crippen LogP contribution is -2.26. The van der Waals surface area contributed by atoms with E-state index in [2.05, 4.69) is 9.98 Å². The minimum Gasteiger partial charge on any atom is -0.268 e. The second-order valence-electron chi connectivity index (χ2n) is 4.92. The molecule has 0 fully saturated rings. The Morgan fingerprint density at radius 3 is 3.00 bits per heavy atom. The van der Waals surface area contributed by atoms with Crippen LogP contribution in [-0.4, -0.2) is 15.4 Å². The van der Waals surface area contributed by atoms with Gasteiger partial charge in [-0.15, -0.1) is 11.3 Å². The summed E-state index contributed by atoms with van der Waals surface area (Å²) in [4.78, 5) is 23.8. The van der Waals surface area contributed by atoms with Gasteiger partial charge in [0.05, 0.1) is 11.9 Å². The van der Waals surface area contributed by atoms with Crippen molar-refractivity contribution >= 4 is 27.4 Å². The van der Waals surface area contributed by atoms with Crippen LogP contribution in [-0.2, 0) is 19.4 Å². The largest absolute Gasteiger partial charge is 0.268 e. The Morgan fingerprint density at radius 2 is 2.11 bits per heavy atom. The molecule has 1 aliphatic carbocycles. The van der Waals surface area contributed by atoms with Crippen LogP contribution in [0.4, 0.5) is 0 Å². The van der Waals surface area contributed by atoms with Gasteiger partial charge in [-0.05, 0) is 38.2 Å². The molecule has 0 bridgehead atoms. The molecule has 2 aliphatic rings. The Labute approximate surface area is 108 Å². The van der Waals surface area contributed by atoms with Crippen LogP contribution in [0.5, 0.6) is 0 Å². The molecule has 2 aromatic rings. The third-order valence-electron chi connectivity index (χ3n) is 3.83. The average Bonchev–Trinajstić information content (AvgIpc) is 2.91. The van der Waals surface area contributed by atoms with Gasteiger partial charge in [0, 0.05) is 4.88 Å². The third kappa shape index (κ3) is 1.22. The maximum Gasteiger partial charge on any atom is 0.268 e. The Bertz CT molecular complexity index is 754. The maximum absolute atomic E-state index is 12.6. The minimum atomic E-state index is 0.0909. The van der Waals surface area contributed by atoms with E-state index in [0.717, 1.165) is 34.7 Å². The van der Waals surface area contributed by atoms with Crippen LogP contribution in [0.3, 0.4) is 0 Å². The fourth-order valence-electron chi connectivity index (χ4n) is 2.94. The van der Waals surface area contributed by atoms with Gasteiger partial charge in [-0.3, -0.25) is 9.79 Å². The van der Waals surface area contributed by atoms with E-state index in [9.17, 15) is 4.79 Å². The van der Waals surface area contributed by atoms with Gasteiger partial charge in [0.15, 0.2) is 0 Å². The van der Waals surface area contributed by atoms with Crippen LogP contribution in [0.15, 0.2) is 9.79 Å². The molecule has 0 spiro atoms. The molecule has 2 aromatic heterocycles. The summed E-state index contributed by atoms with van der Waals surface area (Å²) in [6.07, 6.45) is 4.56. The number of fused-ring (bicyclic) bond motifs is 4. The quantitative estimate of drug-likeness (QED) is 0.727. The highest BCUT2D eigenvalue weighted by atomic mass is 32.1. The van der Waals surface area contributed by atoms with Crippen molar-refractivity contribution in [2.24, 2.45) is 4.99 Å². The normalized spacial score (nSPS) is 17.7. The van der Waals surface area contributed by atoms with Crippen LogP contribution in [0.2, 0.25) is 0 Å². The van der Waals surface area contributed by atoms with E-state index in [0.29, 0.717) is 6.54 Å². The first-order valence-corrected chi connectivity index (χ1v) is 7.15. The van der Waals surface area contributed by atoms with E-state index in [1.807, 2.05) is 6.92 Å². The molecule has 4 nitrogen and oxygen atoms in total. The van der Waals surface area contributed by atoms with Gasteiger partial charge in [-0.25, -0.2) is 9.55 Å². The lowest BCUT2D eigenvalue weighted by atomic mass is 9.97. The van der Waals surface area contributed by atoms with Crippen LogP contribution in [0.1, 0.15) is 36.0 Å². The van der Waals surface area contributed by atoms with Crippen LogP contribution in [0.25, 0.3) is 10.2 Å². The summed E-state index contributed by atoms with van der Waals surface area (Å²) in [6.45, 7) is 2.42. The summed E-state index contributed by atoms with van der Waals surface area (Å²) >= 11 is 1.71. The summed E-state index contributed by atoms with van der Waals surface area (Å²) in [5, 5.41) is 0.856. The van der Waals surface area contributed by atoms with Crippen molar-refractivity contribution in [3.63, 3.8) is 0 Å². The lowest BCUT2D eigenvalue weighted by molar-refractivity contribution is 0.699. The number of aryl methyl sites for hydroxylation is 2. The molecule has 0 saturated carbocycles. The number of hydrogen-bond donors (Lipinski definition) is 0. The molecule has 18 heavy (non-hydrogen) atoms. The number of aromatic nitrogens is 2. The van der Waals surface area contributed by atoms with Gasteiger partial charge in [-0.2, -0.15) is 0 Å². The predicted molar refractivity (Wildman–Crippen MR) is 72.7 cm³/mol. The van der Waals surface area contributed by atoms with Crippen LogP contribution in [0, 0.1) is 0 Å². The molecule has 0 saturated heterocycles. The fourth-order valence-corrected chi connectivity index (χ4v) is 4.21. The van der Waals surface area contributed by atoms with Gasteiger partial charge in [-0.1, -0.05) is 0 Å². The molecular formula is C13H13N3OS. The zero-order valence-electron chi connectivity index (χ0n) is 10.2. The Kier molecular flexibility index (Phi) is 2.03. The lowest BCUT2D eigenvalue weighted by Gasteiger charge is -2.10. The standard InChI is InChI=1S/C13H13N3OS/c1-7-14-6-10-15-12-11(13(17)16(7)10)8-4-2-3-5-9(8)18-12/h2-6H2,1H3. The summed E-state index contributed by atoms with van der Waals surface area (Å²) in [6, 6.07) is 0. The summed E-state index contributed by atoms with van der Waals surface area (Å²) in [5.74, 6) is 1.57. The maximum atomic E-state index is 12.6. The molecule has 0 atom stereocenters. The Morgan fingerprint density at radius 1 is 1.28 bits per heavy atom. The first kappa shape index (κ1) is 10.4. The topological polar surface area (TPSA) is 47.2 Å². The summed E-state index contributed by atoms with van der Waals surface area (Å²) in [7, 11) is 0. The van der Waals surface area contributed by atoms with Crippen molar-refractivity contribution in [3.05, 3.63) is 26.6 Å². The smallest absolute Gasteiger partial charge is 0.268 e. The van der Waals surface area contributed by atoms with Gasteiger partial charge in [0.1, 0.15) is 16.5 Å². The molecule has 3 heterocycles. The molecule has 5 heteroatoms. The highest BCUT2D eigenvalue weighted by Gasteiger charge is 2.24. The monoisotopic (exact) mass is 259 g/mol. The van der Waals surface area contributed by atoms with Crippen molar-refractivity contribution < 1.29 is 0 Å². The van der Waals surface area contributed by atoms with Crippen LogP contribution >= 0.6 is 11.3 Å². The van der Waals surface area contributed by atoms with E-state index < -0.39 is 0 Å². The molecular weight excluding hydrogens is 246 g/mol. The Balaban J connectivity index is 2.13. The van der Waals surface area contributed by atoms with Crippen molar-refractivity contribution in [1.29, 1.82) is 0 Å². The Hall–Kier alpha value is -1.49. The van der Waals surface area contributed by atoms with E-state index in [4.69, 9.17) is 0 Å². The van der Waals surface area contributed by atoms with Gasteiger partial charge < -0.3 is 0 Å². The van der Waals surface area contributed by atoms with Gasteiger partial charge in [0.2, 0.25) is 0 Å². The first-order chi connectivity index (χ1) is 8.75. The number of hydrogen-bond acceptors (Lipinski definition) is 4. The van der Waals surface area contributed by atoms with Gasteiger partial charge >= 0.3 is 0 Å². The van der Waals surface area contributed by atoms with E-state index in [1.165, 1.54) is 23.3 Å². The molecule has 92 valence electrons. The van der Waals surface area contributed by atoms with Crippen LogP contribution < -0.4 is 5.56 Å². The molecule has 0 aromatic carbocycles. The zero-order valence-corrected chi connectivity index (χ0v) is 11.0. The zero-order chi connectivity index (χ0) is 12.3. The molecule has 1 aliphatic heterocycles. The molecule has 0 N–H and O–H groups in total. The van der Waals surface area contributed by atoms with Crippen molar-refractivity contribution in [1.82, 2.24) is 9.55 Å². The summed E-state index contributed by atoms with van der Waals surface area (Å²) in [5.41, 5.74) is 1.35. The number of rotatable bonds is 0. The predicted octanol–water partition coefficient (Wildman–Crippen LogP) is 2.12. The SMILES string of the molecule is CC1=NCc2nc3sc4c(c3c(=O)n21)CCCC4. The van der Waals surface area contributed by atoms with Crippen molar-refractivity contribution in [3.8, 4) is 0 Å². The highest BCUT2D eigenvalue weighted by molar-refractivity contribution is 7.18. The number of thiophene rings is 1. The van der Waals surface area contributed by atoms with Crippen molar-refractivity contribution in [2.45, 2.75) is 39.2 Å².